The van der Waals surface area contributed by atoms with Gasteiger partial charge in [0.15, 0.2) is 0 Å². The maximum Gasteiger partial charge on any atom is 0.0206 e. The number of nitrogens with zero attached hydrogens (tertiary/aromatic N) is 2. The predicted octanol–water partition coefficient (Wildman–Crippen LogP) is 0.444. The first kappa shape index (κ1) is 12.1. The SMILES string of the molecule is CCN1CCCC(CN(C)S(=O)[O-])C1. The van der Waals surface area contributed by atoms with Crippen molar-refractivity contribution in [3.63, 3.8) is 0 Å². The Labute approximate surface area is 88.7 Å². The number of piperidine rings is 1. The van der Waals surface area contributed by atoms with Crippen LogP contribution >= 0.6 is 0 Å². The third kappa shape index (κ3) is 3.65. The Kier molecular flexibility index (Phi) is 5.01. The summed E-state index contributed by atoms with van der Waals surface area (Å²) < 4.78 is 22.7. The minimum atomic E-state index is -2.06. The molecule has 1 saturated heterocycles. The van der Waals surface area contributed by atoms with Gasteiger partial charge in [0.05, 0.1) is 0 Å². The van der Waals surface area contributed by atoms with Gasteiger partial charge in [-0.1, -0.05) is 6.92 Å². The number of hydrogen-bond acceptors (Lipinski definition) is 3. The molecule has 0 spiro atoms. The quantitative estimate of drug-likeness (QED) is 0.645. The summed E-state index contributed by atoms with van der Waals surface area (Å²) in [7, 11) is 1.63. The van der Waals surface area contributed by atoms with Crippen LogP contribution in [0.25, 0.3) is 0 Å². The van der Waals surface area contributed by atoms with Crippen molar-refractivity contribution in [2.75, 3.05) is 33.2 Å². The van der Waals surface area contributed by atoms with Crippen LogP contribution in [0.2, 0.25) is 0 Å². The summed E-state index contributed by atoms with van der Waals surface area (Å²) in [4.78, 5) is 2.38. The van der Waals surface area contributed by atoms with Crippen molar-refractivity contribution in [1.29, 1.82) is 0 Å². The smallest absolute Gasteiger partial charge is 0.0206 e. The minimum Gasteiger partial charge on any atom is -0.760 e. The number of hydrogen-bond donors (Lipinski definition) is 0. The zero-order valence-electron chi connectivity index (χ0n) is 8.94. The second-order valence-corrected chi connectivity index (χ2v) is 4.99. The van der Waals surface area contributed by atoms with Crippen molar-refractivity contribution in [3.8, 4) is 0 Å². The molecule has 1 heterocycles. The molecule has 0 aromatic heterocycles. The molecule has 2 unspecified atom stereocenters. The van der Waals surface area contributed by atoms with Gasteiger partial charge in [-0.3, -0.25) is 4.21 Å². The Morgan fingerprint density at radius 3 is 2.93 bits per heavy atom. The normalized spacial score (nSPS) is 26.7. The standard InChI is InChI=1S/C9H20N2O2S/c1-3-11-6-4-5-9(8-11)7-10(2)14(12)13/h9H,3-8H2,1-2H3,(H,12,13)/p-1. The molecule has 1 rings (SSSR count). The van der Waals surface area contributed by atoms with Crippen LogP contribution in [0.5, 0.6) is 0 Å². The van der Waals surface area contributed by atoms with Gasteiger partial charge in [0, 0.05) is 24.4 Å². The topological polar surface area (TPSA) is 46.6 Å². The van der Waals surface area contributed by atoms with E-state index in [2.05, 4.69) is 11.8 Å². The molecule has 0 bridgehead atoms. The first-order valence-electron chi connectivity index (χ1n) is 5.16. The van der Waals surface area contributed by atoms with Crippen LogP contribution in [0.3, 0.4) is 0 Å². The van der Waals surface area contributed by atoms with Crippen LogP contribution < -0.4 is 0 Å². The van der Waals surface area contributed by atoms with Crippen LogP contribution in [0, 0.1) is 5.92 Å². The zero-order valence-corrected chi connectivity index (χ0v) is 9.76. The fourth-order valence-corrected chi connectivity index (χ4v) is 2.34. The molecular formula is C9H19N2O2S-. The summed E-state index contributed by atoms with van der Waals surface area (Å²) in [6, 6.07) is 0. The van der Waals surface area contributed by atoms with E-state index in [1.165, 1.54) is 10.7 Å². The molecule has 0 N–H and O–H groups in total. The molecule has 1 aliphatic rings. The lowest BCUT2D eigenvalue weighted by atomic mass is 9.98. The van der Waals surface area contributed by atoms with E-state index in [1.54, 1.807) is 7.05 Å². The molecule has 0 aromatic carbocycles. The van der Waals surface area contributed by atoms with Gasteiger partial charge >= 0.3 is 0 Å². The molecule has 1 fully saturated rings. The summed E-state index contributed by atoms with van der Waals surface area (Å²) in [5.74, 6) is 0.506. The van der Waals surface area contributed by atoms with Crippen LogP contribution in [0.15, 0.2) is 0 Å². The molecule has 0 aliphatic carbocycles. The molecule has 2 atom stereocenters. The Bertz CT molecular complexity index is 201. The number of likely N-dealkylation sites (tertiary alicyclic amines) is 1. The lowest BCUT2D eigenvalue weighted by molar-refractivity contribution is 0.168. The maximum absolute atomic E-state index is 10.6. The van der Waals surface area contributed by atoms with Gasteiger partial charge in [-0.2, -0.15) is 0 Å². The highest BCUT2D eigenvalue weighted by molar-refractivity contribution is 7.76. The van der Waals surface area contributed by atoms with Gasteiger partial charge in [-0.15, -0.1) is 0 Å². The largest absolute Gasteiger partial charge is 0.760 e. The molecule has 1 aliphatic heterocycles. The van der Waals surface area contributed by atoms with Gasteiger partial charge in [-0.25, -0.2) is 4.31 Å². The summed E-state index contributed by atoms with van der Waals surface area (Å²) in [6.45, 7) is 6.08. The first-order chi connectivity index (χ1) is 6.63. The Hall–Kier alpha value is 0.0300. The van der Waals surface area contributed by atoms with Crippen molar-refractivity contribution in [3.05, 3.63) is 0 Å². The Morgan fingerprint density at radius 2 is 2.36 bits per heavy atom. The van der Waals surface area contributed by atoms with E-state index in [0.717, 1.165) is 26.1 Å². The maximum atomic E-state index is 10.6. The first-order valence-corrected chi connectivity index (χ1v) is 6.19. The fraction of sp³-hybridized carbons (Fsp3) is 1.00. The van der Waals surface area contributed by atoms with Crippen molar-refractivity contribution in [2.24, 2.45) is 5.92 Å². The van der Waals surface area contributed by atoms with Gasteiger partial charge in [0.2, 0.25) is 0 Å². The highest BCUT2D eigenvalue weighted by atomic mass is 32.2. The average molecular weight is 219 g/mol. The van der Waals surface area contributed by atoms with E-state index in [0.29, 0.717) is 12.5 Å². The van der Waals surface area contributed by atoms with E-state index in [4.69, 9.17) is 0 Å². The Morgan fingerprint density at radius 1 is 1.64 bits per heavy atom. The molecule has 4 nitrogen and oxygen atoms in total. The molecule has 0 amide bonds. The second kappa shape index (κ2) is 5.80. The predicted molar refractivity (Wildman–Crippen MR) is 56.4 cm³/mol. The molecule has 0 saturated carbocycles. The zero-order chi connectivity index (χ0) is 10.6. The lowest BCUT2D eigenvalue weighted by Gasteiger charge is -2.34. The van der Waals surface area contributed by atoms with Gasteiger partial charge in [-0.05, 0) is 38.9 Å². The Balaban J connectivity index is 2.33. The van der Waals surface area contributed by atoms with Crippen molar-refractivity contribution in [2.45, 2.75) is 19.8 Å². The van der Waals surface area contributed by atoms with E-state index in [9.17, 15) is 8.76 Å². The van der Waals surface area contributed by atoms with E-state index < -0.39 is 11.3 Å². The van der Waals surface area contributed by atoms with Crippen LogP contribution in [0.4, 0.5) is 0 Å². The highest BCUT2D eigenvalue weighted by Gasteiger charge is 2.19. The van der Waals surface area contributed by atoms with E-state index in [-0.39, 0.29) is 0 Å². The molecule has 0 radical (unpaired) electrons. The summed E-state index contributed by atoms with van der Waals surface area (Å²) in [6.07, 6.45) is 2.34. The van der Waals surface area contributed by atoms with Crippen LogP contribution in [0.1, 0.15) is 19.8 Å². The van der Waals surface area contributed by atoms with E-state index >= 15 is 0 Å². The third-order valence-corrected chi connectivity index (χ3v) is 3.48. The van der Waals surface area contributed by atoms with Gasteiger partial charge in [0.1, 0.15) is 0 Å². The summed E-state index contributed by atoms with van der Waals surface area (Å²) in [5, 5.41) is 0. The minimum absolute atomic E-state index is 0.506. The van der Waals surface area contributed by atoms with E-state index in [1.807, 2.05) is 0 Å². The van der Waals surface area contributed by atoms with Gasteiger partial charge in [0.25, 0.3) is 0 Å². The molecule has 14 heavy (non-hydrogen) atoms. The molecule has 84 valence electrons. The fourth-order valence-electron chi connectivity index (χ4n) is 2.01. The lowest BCUT2D eigenvalue weighted by Crippen LogP contribution is -2.40. The van der Waals surface area contributed by atoms with Crippen LogP contribution in [-0.2, 0) is 11.3 Å². The van der Waals surface area contributed by atoms with Gasteiger partial charge < -0.3 is 9.45 Å². The van der Waals surface area contributed by atoms with Crippen molar-refractivity contribution >= 4 is 11.3 Å². The molecular weight excluding hydrogens is 200 g/mol. The van der Waals surface area contributed by atoms with Crippen LogP contribution in [-0.4, -0.2) is 51.2 Å². The summed E-state index contributed by atoms with van der Waals surface area (Å²) >= 11 is -2.06. The van der Waals surface area contributed by atoms with Crippen molar-refractivity contribution < 1.29 is 8.76 Å². The number of rotatable bonds is 4. The second-order valence-electron chi connectivity index (χ2n) is 3.93. The molecule has 0 aromatic rings. The third-order valence-electron chi connectivity index (χ3n) is 2.82. The monoisotopic (exact) mass is 219 g/mol. The summed E-state index contributed by atoms with van der Waals surface area (Å²) in [5.41, 5.74) is 0. The average Bonchev–Trinajstić information content (AvgIpc) is 2.18. The van der Waals surface area contributed by atoms with Crippen molar-refractivity contribution in [1.82, 2.24) is 9.21 Å². The molecule has 5 heteroatoms. The highest BCUT2D eigenvalue weighted by Crippen LogP contribution is 2.17.